The van der Waals surface area contributed by atoms with Gasteiger partial charge in [0.2, 0.25) is 5.91 Å². The lowest BCUT2D eigenvalue weighted by Crippen LogP contribution is -2.52. The van der Waals surface area contributed by atoms with E-state index < -0.39 is 5.97 Å². The molecular weight excluding hydrogens is 400 g/mol. The standard InChI is InChI=1S/C11H13BrN2O3S.BrH/c1-6(2-11(16)17)13-8-3-7(5-12)18-10-4-9(15)14(8)10;/h3,7,10H,2,4-5H2,1H3,(H,16,17);1H/t7?,10-;/m1./s1. The van der Waals surface area contributed by atoms with Gasteiger partial charge in [-0.05, 0) is 13.0 Å². The maximum atomic E-state index is 11.5. The number of thioether (sulfide) groups is 1. The van der Waals surface area contributed by atoms with Gasteiger partial charge in [-0.2, -0.15) is 0 Å². The summed E-state index contributed by atoms with van der Waals surface area (Å²) in [5.41, 5.74) is 0.507. The fraction of sp³-hybridized carbons (Fsp3) is 0.545. The Morgan fingerprint density at radius 1 is 1.68 bits per heavy atom. The van der Waals surface area contributed by atoms with E-state index in [1.807, 2.05) is 6.08 Å². The van der Waals surface area contributed by atoms with Crippen LogP contribution in [0.5, 0.6) is 0 Å². The second-order valence-electron chi connectivity index (χ2n) is 4.19. The van der Waals surface area contributed by atoms with Crippen molar-refractivity contribution in [1.29, 1.82) is 0 Å². The summed E-state index contributed by atoms with van der Waals surface area (Å²) in [6.45, 7) is 1.67. The van der Waals surface area contributed by atoms with Crippen molar-refractivity contribution in [3.63, 3.8) is 0 Å². The zero-order valence-electron chi connectivity index (χ0n) is 10.2. The number of carbonyl (C=O) groups excluding carboxylic acids is 1. The first-order chi connectivity index (χ1) is 8.51. The van der Waals surface area contributed by atoms with Crippen LogP contribution in [0, 0.1) is 0 Å². The molecule has 5 nitrogen and oxygen atoms in total. The molecular formula is C11H14Br2N2O3S. The quantitative estimate of drug-likeness (QED) is 0.436. The number of β-lactam (4-membered cyclic amide) rings is 1. The molecule has 0 aliphatic carbocycles. The Kier molecular flexibility index (Phi) is 6.07. The summed E-state index contributed by atoms with van der Waals surface area (Å²) in [6.07, 6.45) is 2.35. The van der Waals surface area contributed by atoms with Gasteiger partial charge in [-0.25, -0.2) is 4.99 Å². The summed E-state index contributed by atoms with van der Waals surface area (Å²) in [7, 11) is 0. The highest BCUT2D eigenvalue weighted by Gasteiger charge is 2.43. The fourth-order valence-electron chi connectivity index (χ4n) is 1.89. The molecule has 0 aromatic rings. The lowest BCUT2D eigenvalue weighted by atomic mass is 10.2. The van der Waals surface area contributed by atoms with Gasteiger partial charge in [0.05, 0.1) is 18.2 Å². The van der Waals surface area contributed by atoms with Crippen LogP contribution in [-0.2, 0) is 9.59 Å². The van der Waals surface area contributed by atoms with Gasteiger partial charge >= 0.3 is 5.97 Å². The minimum atomic E-state index is -0.912. The topological polar surface area (TPSA) is 70.0 Å². The summed E-state index contributed by atoms with van der Waals surface area (Å²) in [4.78, 5) is 28.1. The first-order valence-corrected chi connectivity index (χ1v) is 7.59. The molecule has 0 radical (unpaired) electrons. The van der Waals surface area contributed by atoms with Crippen LogP contribution in [0.3, 0.4) is 0 Å². The largest absolute Gasteiger partial charge is 0.481 e. The van der Waals surface area contributed by atoms with Gasteiger partial charge in [0.15, 0.2) is 0 Å². The predicted molar refractivity (Wildman–Crippen MR) is 84.2 cm³/mol. The number of nitrogens with zero attached hydrogens (tertiary/aromatic N) is 2. The van der Waals surface area contributed by atoms with E-state index in [2.05, 4.69) is 20.9 Å². The smallest absolute Gasteiger partial charge is 0.309 e. The predicted octanol–water partition coefficient (Wildman–Crippen LogP) is 2.41. The van der Waals surface area contributed by atoms with Gasteiger partial charge < -0.3 is 5.11 Å². The van der Waals surface area contributed by atoms with Gasteiger partial charge in [-0.3, -0.25) is 14.5 Å². The highest BCUT2D eigenvalue weighted by Crippen LogP contribution is 2.41. The third-order valence-corrected chi connectivity index (χ3v) is 5.15. The SMILES string of the molecule is Br.CC(CC(=O)O)=NC1=CC(CBr)S[C@@H]2CC(=O)N12. The van der Waals surface area contributed by atoms with Crippen LogP contribution in [0.15, 0.2) is 16.9 Å². The second kappa shape index (κ2) is 6.90. The Balaban J connectivity index is 0.00000180. The third-order valence-electron chi connectivity index (χ3n) is 2.68. The molecule has 1 amide bonds. The van der Waals surface area contributed by atoms with E-state index in [9.17, 15) is 9.59 Å². The van der Waals surface area contributed by atoms with E-state index in [1.54, 1.807) is 23.6 Å². The highest BCUT2D eigenvalue weighted by molar-refractivity contribution is 9.09. The summed E-state index contributed by atoms with van der Waals surface area (Å²) >= 11 is 5.15. The molecule has 2 aliphatic rings. The van der Waals surface area contributed by atoms with Gasteiger partial charge in [-0.15, -0.1) is 28.7 Å². The van der Waals surface area contributed by atoms with Crippen LogP contribution < -0.4 is 0 Å². The van der Waals surface area contributed by atoms with Gasteiger partial charge in [0, 0.05) is 16.3 Å². The van der Waals surface area contributed by atoms with E-state index in [4.69, 9.17) is 5.11 Å². The lowest BCUT2D eigenvalue weighted by molar-refractivity contribution is -0.138. The fourth-order valence-corrected chi connectivity index (χ4v) is 3.79. The van der Waals surface area contributed by atoms with Crippen LogP contribution in [0.4, 0.5) is 0 Å². The van der Waals surface area contributed by atoms with Crippen molar-refractivity contribution < 1.29 is 14.7 Å². The molecule has 2 aliphatic heterocycles. The van der Waals surface area contributed by atoms with Crippen LogP contribution in [0.1, 0.15) is 19.8 Å². The number of aliphatic imine (C=N–C) groups is 1. The van der Waals surface area contributed by atoms with Crippen molar-refractivity contribution in [2.75, 3.05) is 5.33 Å². The minimum absolute atomic E-state index is 0. The monoisotopic (exact) mass is 412 g/mol. The van der Waals surface area contributed by atoms with Crippen LogP contribution in [0.25, 0.3) is 0 Å². The molecule has 8 heteroatoms. The number of aliphatic carboxylic acids is 1. The summed E-state index contributed by atoms with van der Waals surface area (Å²) in [5, 5.41) is 9.93. The minimum Gasteiger partial charge on any atom is -0.481 e. The van der Waals surface area contributed by atoms with Crippen LogP contribution >= 0.6 is 44.7 Å². The molecule has 1 N–H and O–H groups in total. The van der Waals surface area contributed by atoms with Crippen molar-refractivity contribution in [3.05, 3.63) is 11.9 Å². The Morgan fingerprint density at radius 2 is 2.37 bits per heavy atom. The maximum Gasteiger partial charge on any atom is 0.309 e. The zero-order chi connectivity index (χ0) is 13.3. The number of carboxylic acid groups (broad SMARTS) is 1. The molecule has 2 heterocycles. The number of amides is 1. The number of carbonyl (C=O) groups is 2. The van der Waals surface area contributed by atoms with E-state index in [0.717, 1.165) is 5.33 Å². The van der Waals surface area contributed by atoms with Crippen LogP contribution in [0.2, 0.25) is 0 Å². The number of alkyl halides is 1. The first kappa shape index (κ1) is 16.7. The van der Waals surface area contributed by atoms with Crippen molar-refractivity contribution >= 4 is 62.3 Å². The Hall–Kier alpha value is -0.340. The van der Waals surface area contributed by atoms with Crippen molar-refractivity contribution in [2.24, 2.45) is 4.99 Å². The average molecular weight is 414 g/mol. The number of carboxylic acids is 1. The molecule has 1 unspecified atom stereocenters. The van der Waals surface area contributed by atoms with Crippen LogP contribution in [-0.4, -0.2) is 43.5 Å². The number of hydrogen-bond donors (Lipinski definition) is 1. The summed E-state index contributed by atoms with van der Waals surface area (Å²) in [6, 6.07) is 0. The second-order valence-corrected chi connectivity index (χ2v) is 6.26. The van der Waals surface area contributed by atoms with Gasteiger partial charge in [-0.1, -0.05) is 15.9 Å². The molecule has 2 rings (SSSR count). The van der Waals surface area contributed by atoms with Crippen molar-refractivity contribution in [3.8, 4) is 0 Å². The van der Waals surface area contributed by atoms with Gasteiger partial charge in [0.25, 0.3) is 0 Å². The lowest BCUT2D eigenvalue weighted by Gasteiger charge is -2.44. The number of hydrogen-bond acceptors (Lipinski definition) is 4. The molecule has 0 saturated carbocycles. The Bertz CT molecular complexity index is 453. The third kappa shape index (κ3) is 3.82. The van der Waals surface area contributed by atoms with Crippen molar-refractivity contribution in [1.82, 2.24) is 4.90 Å². The molecule has 2 atom stereocenters. The number of fused-ring (bicyclic) bond motifs is 1. The van der Waals surface area contributed by atoms with E-state index >= 15 is 0 Å². The van der Waals surface area contributed by atoms with Crippen molar-refractivity contribution in [2.45, 2.75) is 30.4 Å². The average Bonchev–Trinajstić information content (AvgIpc) is 2.25. The molecule has 0 spiro atoms. The molecule has 106 valence electrons. The first-order valence-electron chi connectivity index (χ1n) is 5.52. The zero-order valence-corrected chi connectivity index (χ0v) is 14.3. The molecule has 19 heavy (non-hydrogen) atoms. The highest BCUT2D eigenvalue weighted by atomic mass is 79.9. The molecule has 1 saturated heterocycles. The molecule has 1 fully saturated rings. The van der Waals surface area contributed by atoms with E-state index in [0.29, 0.717) is 18.0 Å². The normalized spacial score (nSPS) is 26.0. The Labute approximate surface area is 134 Å². The summed E-state index contributed by atoms with van der Waals surface area (Å²) < 4.78 is 0. The molecule has 0 bridgehead atoms. The summed E-state index contributed by atoms with van der Waals surface area (Å²) in [5.74, 6) is -0.262. The van der Waals surface area contributed by atoms with Gasteiger partial charge in [0.1, 0.15) is 5.82 Å². The Morgan fingerprint density at radius 3 is 2.89 bits per heavy atom. The number of rotatable bonds is 4. The van der Waals surface area contributed by atoms with E-state index in [-0.39, 0.29) is 39.9 Å². The number of halogens is 2. The molecule has 0 aromatic heterocycles. The van der Waals surface area contributed by atoms with E-state index in [1.165, 1.54) is 0 Å². The molecule has 0 aromatic carbocycles. The maximum absolute atomic E-state index is 11.5.